The number of amides is 1. The third-order valence-corrected chi connectivity index (χ3v) is 3.62. The molecule has 0 aromatic carbocycles. The van der Waals surface area contributed by atoms with Gasteiger partial charge in [-0.3, -0.25) is 19.5 Å². The number of carbonyl (C=O) groups is 2. The molecule has 1 aliphatic heterocycles. The van der Waals surface area contributed by atoms with Crippen LogP contribution in [0.2, 0.25) is 0 Å². The Bertz CT molecular complexity index is 509. The fourth-order valence-corrected chi connectivity index (χ4v) is 2.60. The highest BCUT2D eigenvalue weighted by molar-refractivity contribution is 9.10. The third kappa shape index (κ3) is 4.01. The van der Waals surface area contributed by atoms with Crippen molar-refractivity contribution >= 4 is 27.8 Å². The second-order valence-corrected chi connectivity index (χ2v) is 5.62. The molecule has 1 aliphatic rings. The predicted molar refractivity (Wildman–Crippen MR) is 76.5 cm³/mol. The number of pyridine rings is 1. The maximum atomic E-state index is 12.4. The van der Waals surface area contributed by atoms with Crippen LogP contribution in [0.4, 0.5) is 0 Å². The SMILES string of the molecule is O=C(O)CN1CCCN(C(=O)c2cncc(Br)c2)CC1. The number of carbonyl (C=O) groups excluding carboxylic acids is 1. The molecule has 7 heteroatoms. The van der Waals surface area contributed by atoms with Crippen molar-refractivity contribution in [3.8, 4) is 0 Å². The lowest BCUT2D eigenvalue weighted by Gasteiger charge is -2.21. The first-order chi connectivity index (χ1) is 9.56. The van der Waals surface area contributed by atoms with Crippen molar-refractivity contribution in [1.29, 1.82) is 0 Å². The lowest BCUT2D eigenvalue weighted by molar-refractivity contribution is -0.138. The zero-order valence-electron chi connectivity index (χ0n) is 11.0. The quantitative estimate of drug-likeness (QED) is 0.890. The van der Waals surface area contributed by atoms with Crippen LogP contribution >= 0.6 is 15.9 Å². The number of rotatable bonds is 3. The Labute approximate surface area is 125 Å². The van der Waals surface area contributed by atoms with Crippen LogP contribution in [0.1, 0.15) is 16.8 Å². The normalized spacial score (nSPS) is 16.8. The van der Waals surface area contributed by atoms with Crippen molar-refractivity contribution in [2.75, 3.05) is 32.7 Å². The molecule has 1 N–H and O–H groups in total. The summed E-state index contributed by atoms with van der Waals surface area (Å²) < 4.78 is 0.769. The Hall–Kier alpha value is -1.47. The number of hydrogen-bond acceptors (Lipinski definition) is 4. The summed E-state index contributed by atoms with van der Waals surface area (Å²) in [4.78, 5) is 30.7. The molecule has 0 unspecified atom stereocenters. The van der Waals surface area contributed by atoms with E-state index in [1.165, 1.54) is 0 Å². The van der Waals surface area contributed by atoms with Crippen molar-refractivity contribution < 1.29 is 14.7 Å². The number of aromatic nitrogens is 1. The Morgan fingerprint density at radius 2 is 2.05 bits per heavy atom. The number of hydrogen-bond donors (Lipinski definition) is 1. The number of nitrogens with zero attached hydrogens (tertiary/aromatic N) is 3. The van der Waals surface area contributed by atoms with Crippen LogP contribution in [0.25, 0.3) is 0 Å². The lowest BCUT2D eigenvalue weighted by atomic mass is 10.2. The maximum absolute atomic E-state index is 12.4. The average Bonchev–Trinajstić information content (AvgIpc) is 2.63. The van der Waals surface area contributed by atoms with E-state index in [1.54, 1.807) is 23.4 Å². The fraction of sp³-hybridized carbons (Fsp3) is 0.462. The van der Waals surface area contributed by atoms with Gasteiger partial charge in [0.25, 0.3) is 5.91 Å². The van der Waals surface area contributed by atoms with Gasteiger partial charge in [0.05, 0.1) is 12.1 Å². The molecule has 1 fully saturated rings. The van der Waals surface area contributed by atoms with Gasteiger partial charge in [0.15, 0.2) is 0 Å². The summed E-state index contributed by atoms with van der Waals surface area (Å²) in [6.07, 6.45) is 3.96. The molecule has 0 saturated carbocycles. The molecule has 20 heavy (non-hydrogen) atoms. The molecule has 2 heterocycles. The van der Waals surface area contributed by atoms with E-state index < -0.39 is 5.97 Å². The van der Waals surface area contributed by atoms with Crippen LogP contribution in [-0.4, -0.2) is 64.5 Å². The summed E-state index contributed by atoms with van der Waals surface area (Å²) in [7, 11) is 0. The highest BCUT2D eigenvalue weighted by atomic mass is 79.9. The summed E-state index contributed by atoms with van der Waals surface area (Å²) in [6.45, 7) is 2.49. The van der Waals surface area contributed by atoms with Crippen LogP contribution in [0, 0.1) is 0 Å². The summed E-state index contributed by atoms with van der Waals surface area (Å²) in [6, 6.07) is 1.75. The van der Waals surface area contributed by atoms with E-state index in [4.69, 9.17) is 5.11 Å². The predicted octanol–water partition coefficient (Wildman–Crippen LogP) is 1.08. The summed E-state index contributed by atoms with van der Waals surface area (Å²) in [5, 5.41) is 8.81. The van der Waals surface area contributed by atoms with Crippen LogP contribution in [0.3, 0.4) is 0 Å². The molecule has 0 spiro atoms. The van der Waals surface area contributed by atoms with E-state index >= 15 is 0 Å². The van der Waals surface area contributed by atoms with Gasteiger partial charge >= 0.3 is 5.97 Å². The molecule has 1 aromatic rings. The summed E-state index contributed by atoms with van der Waals surface area (Å²) in [5.41, 5.74) is 0.547. The van der Waals surface area contributed by atoms with E-state index in [1.807, 2.05) is 4.90 Å². The average molecular weight is 342 g/mol. The van der Waals surface area contributed by atoms with Gasteiger partial charge in [-0.1, -0.05) is 0 Å². The van der Waals surface area contributed by atoms with E-state index in [9.17, 15) is 9.59 Å². The van der Waals surface area contributed by atoms with Gasteiger partial charge in [-0.15, -0.1) is 0 Å². The first-order valence-electron chi connectivity index (χ1n) is 6.40. The van der Waals surface area contributed by atoms with Gasteiger partial charge in [0, 0.05) is 43.0 Å². The molecule has 1 aromatic heterocycles. The standard InChI is InChI=1S/C13H16BrN3O3/c14-11-6-10(7-15-8-11)13(20)17-3-1-2-16(4-5-17)9-12(18)19/h6-8H,1-5,9H2,(H,18,19). The Kier molecular flexibility index (Phi) is 5.08. The minimum absolute atomic E-state index is 0.0282. The monoisotopic (exact) mass is 341 g/mol. The van der Waals surface area contributed by atoms with Crippen molar-refractivity contribution in [2.24, 2.45) is 0 Å². The lowest BCUT2D eigenvalue weighted by Crippen LogP contribution is -2.36. The zero-order valence-corrected chi connectivity index (χ0v) is 12.5. The number of halogens is 1. The highest BCUT2D eigenvalue weighted by Gasteiger charge is 2.21. The van der Waals surface area contributed by atoms with E-state index in [-0.39, 0.29) is 12.5 Å². The molecule has 0 bridgehead atoms. The number of carboxylic acids is 1. The molecule has 0 atom stereocenters. The Balaban J connectivity index is 1.99. The van der Waals surface area contributed by atoms with E-state index in [2.05, 4.69) is 20.9 Å². The van der Waals surface area contributed by atoms with Gasteiger partial charge < -0.3 is 10.0 Å². The smallest absolute Gasteiger partial charge is 0.317 e. The highest BCUT2D eigenvalue weighted by Crippen LogP contribution is 2.13. The topological polar surface area (TPSA) is 73.7 Å². The Morgan fingerprint density at radius 1 is 1.25 bits per heavy atom. The molecule has 108 valence electrons. The van der Waals surface area contributed by atoms with Crippen LogP contribution in [0.15, 0.2) is 22.9 Å². The summed E-state index contributed by atoms with van der Waals surface area (Å²) in [5.74, 6) is -0.892. The minimum Gasteiger partial charge on any atom is -0.480 e. The van der Waals surface area contributed by atoms with Crippen molar-refractivity contribution in [2.45, 2.75) is 6.42 Å². The second-order valence-electron chi connectivity index (χ2n) is 4.71. The molecule has 0 aliphatic carbocycles. The van der Waals surface area contributed by atoms with Gasteiger partial charge in [0.2, 0.25) is 0 Å². The second kappa shape index (κ2) is 6.81. The number of carboxylic acid groups (broad SMARTS) is 1. The van der Waals surface area contributed by atoms with Gasteiger partial charge in [-0.25, -0.2) is 0 Å². The van der Waals surface area contributed by atoms with Crippen molar-refractivity contribution in [1.82, 2.24) is 14.8 Å². The summed E-state index contributed by atoms with van der Waals surface area (Å²) >= 11 is 3.30. The van der Waals surface area contributed by atoms with Crippen LogP contribution < -0.4 is 0 Å². The Morgan fingerprint density at radius 3 is 2.75 bits per heavy atom. The first kappa shape index (κ1) is 14.9. The molecular formula is C13H16BrN3O3. The zero-order chi connectivity index (χ0) is 14.5. The third-order valence-electron chi connectivity index (χ3n) is 3.19. The first-order valence-corrected chi connectivity index (χ1v) is 7.19. The molecule has 0 radical (unpaired) electrons. The van der Waals surface area contributed by atoms with Crippen LogP contribution in [0.5, 0.6) is 0 Å². The van der Waals surface area contributed by atoms with Crippen molar-refractivity contribution in [3.05, 3.63) is 28.5 Å². The van der Waals surface area contributed by atoms with E-state index in [0.717, 1.165) is 10.9 Å². The molecular weight excluding hydrogens is 326 g/mol. The fourth-order valence-electron chi connectivity index (χ4n) is 2.23. The molecule has 2 rings (SSSR count). The molecule has 1 saturated heterocycles. The maximum Gasteiger partial charge on any atom is 0.317 e. The number of aliphatic carboxylic acids is 1. The van der Waals surface area contributed by atoms with Gasteiger partial charge in [-0.05, 0) is 28.4 Å². The molecule has 6 nitrogen and oxygen atoms in total. The van der Waals surface area contributed by atoms with Crippen molar-refractivity contribution in [3.63, 3.8) is 0 Å². The molecule has 1 amide bonds. The largest absolute Gasteiger partial charge is 0.480 e. The van der Waals surface area contributed by atoms with E-state index in [0.29, 0.717) is 31.7 Å². The minimum atomic E-state index is -0.832. The van der Waals surface area contributed by atoms with Gasteiger partial charge in [0.1, 0.15) is 0 Å². The van der Waals surface area contributed by atoms with Gasteiger partial charge in [-0.2, -0.15) is 0 Å². The van der Waals surface area contributed by atoms with Crippen LogP contribution in [-0.2, 0) is 4.79 Å².